The molecule has 0 aromatic rings. The van der Waals surface area contributed by atoms with Gasteiger partial charge < -0.3 is 14.2 Å². The molecule has 0 heterocycles. The van der Waals surface area contributed by atoms with E-state index in [-0.39, 0.29) is 37.5 Å². The van der Waals surface area contributed by atoms with Crippen LogP contribution in [0.5, 0.6) is 0 Å². The molecule has 1 unspecified atom stereocenters. The Morgan fingerprint density at radius 1 is 0.350 bits per heavy atom. The normalized spacial score (nSPS) is 12.9. The first-order valence-electron chi connectivity index (χ1n) is 24.2. The van der Waals surface area contributed by atoms with Gasteiger partial charge in [-0.2, -0.15) is 0 Å². The molecule has 0 spiro atoms. The van der Waals surface area contributed by atoms with Gasteiger partial charge in [0.2, 0.25) is 0 Å². The zero-order chi connectivity index (χ0) is 43.7. The highest BCUT2D eigenvalue weighted by Crippen LogP contribution is 2.13. The summed E-state index contributed by atoms with van der Waals surface area (Å²) in [6.07, 6.45) is 62.5. The van der Waals surface area contributed by atoms with Crippen molar-refractivity contribution in [2.75, 3.05) is 13.2 Å². The number of carbonyl (C=O) groups excluding carboxylic acids is 3. The standard InChI is InChI=1S/C54H88O6/c1-4-7-10-13-16-19-21-23-25-27-29-30-32-35-38-41-44-47-53(56)59-50-51(49-58-52(55)46-43-40-37-34-18-15-12-9-6-3)60-54(57)48-45-42-39-36-33-31-28-26-24-22-20-17-14-11-8-5-2/h7-8,10-11,16-17,19-20,23-26,29-30,35,38,51H,4-6,9,12-15,18,21-22,27-28,31-34,36-37,39-50H2,1-3H3/b10-7-,11-8-,19-16-,20-17-,25-23-,26-24-,30-29-,38-35-. The summed E-state index contributed by atoms with van der Waals surface area (Å²) in [6.45, 7) is 6.31. The minimum Gasteiger partial charge on any atom is -0.462 e. The smallest absolute Gasteiger partial charge is 0.306 e. The van der Waals surface area contributed by atoms with E-state index in [2.05, 4.69) is 118 Å². The van der Waals surface area contributed by atoms with Crippen LogP contribution < -0.4 is 0 Å². The number of carbonyl (C=O) groups is 3. The summed E-state index contributed by atoms with van der Waals surface area (Å²) in [6, 6.07) is 0. The molecule has 0 amide bonds. The molecule has 0 rings (SSSR count). The summed E-state index contributed by atoms with van der Waals surface area (Å²) in [5.41, 5.74) is 0. The summed E-state index contributed by atoms with van der Waals surface area (Å²) in [5.74, 6) is -0.984. The van der Waals surface area contributed by atoms with E-state index in [0.29, 0.717) is 19.3 Å². The molecule has 340 valence electrons. The molecule has 0 bridgehead atoms. The first-order chi connectivity index (χ1) is 29.5. The molecule has 0 saturated heterocycles. The first kappa shape index (κ1) is 56.3. The van der Waals surface area contributed by atoms with E-state index in [1.54, 1.807) is 0 Å². The van der Waals surface area contributed by atoms with Gasteiger partial charge in [0, 0.05) is 19.3 Å². The highest BCUT2D eigenvalue weighted by atomic mass is 16.6. The van der Waals surface area contributed by atoms with E-state index in [1.165, 1.54) is 51.4 Å². The molecule has 0 aromatic carbocycles. The number of hydrogen-bond acceptors (Lipinski definition) is 6. The van der Waals surface area contributed by atoms with Crippen LogP contribution in [0.4, 0.5) is 0 Å². The third kappa shape index (κ3) is 45.4. The summed E-state index contributed by atoms with van der Waals surface area (Å²) >= 11 is 0. The lowest BCUT2D eigenvalue weighted by atomic mass is 10.1. The van der Waals surface area contributed by atoms with Crippen molar-refractivity contribution in [3.05, 3.63) is 97.2 Å². The molecule has 0 radical (unpaired) electrons. The maximum atomic E-state index is 12.8. The fourth-order valence-electron chi connectivity index (χ4n) is 6.26. The van der Waals surface area contributed by atoms with Crippen LogP contribution in [0.15, 0.2) is 97.2 Å². The summed E-state index contributed by atoms with van der Waals surface area (Å²) in [7, 11) is 0. The molecule has 0 aliphatic heterocycles. The van der Waals surface area contributed by atoms with E-state index in [9.17, 15) is 14.4 Å². The zero-order valence-corrected chi connectivity index (χ0v) is 38.7. The van der Waals surface area contributed by atoms with Crippen LogP contribution in [0, 0.1) is 0 Å². The number of hydrogen-bond donors (Lipinski definition) is 0. The Hall–Kier alpha value is -3.67. The Labute approximate surface area is 368 Å². The zero-order valence-electron chi connectivity index (χ0n) is 38.7. The van der Waals surface area contributed by atoms with Crippen molar-refractivity contribution in [2.24, 2.45) is 0 Å². The Kier molecular flexibility index (Phi) is 45.1. The van der Waals surface area contributed by atoms with E-state index >= 15 is 0 Å². The van der Waals surface area contributed by atoms with Crippen LogP contribution in [0.25, 0.3) is 0 Å². The monoisotopic (exact) mass is 833 g/mol. The van der Waals surface area contributed by atoms with Gasteiger partial charge in [0.25, 0.3) is 0 Å². The SMILES string of the molecule is CC/C=C\C/C=C\C/C=C\C/C=C\C/C=C\CCCC(=O)OCC(COC(=O)CCCCCCCCCCC)OC(=O)CCCCCCCC/C=C\C/C=C\C/C=C\CC. The molecule has 0 fully saturated rings. The van der Waals surface area contributed by atoms with Gasteiger partial charge in [-0.15, -0.1) is 0 Å². The number of unbranched alkanes of at least 4 members (excludes halogenated alkanes) is 15. The lowest BCUT2D eigenvalue weighted by molar-refractivity contribution is -0.167. The van der Waals surface area contributed by atoms with Gasteiger partial charge in [0.1, 0.15) is 13.2 Å². The maximum Gasteiger partial charge on any atom is 0.306 e. The average Bonchev–Trinajstić information content (AvgIpc) is 3.24. The molecule has 0 aliphatic rings. The van der Waals surface area contributed by atoms with Crippen LogP contribution in [0.1, 0.15) is 207 Å². The average molecular weight is 833 g/mol. The van der Waals surface area contributed by atoms with Crippen LogP contribution in [0.3, 0.4) is 0 Å². The van der Waals surface area contributed by atoms with Crippen LogP contribution in [0.2, 0.25) is 0 Å². The van der Waals surface area contributed by atoms with Gasteiger partial charge in [-0.3, -0.25) is 14.4 Å². The molecule has 0 aliphatic carbocycles. The van der Waals surface area contributed by atoms with E-state index < -0.39 is 6.10 Å². The third-order valence-corrected chi connectivity index (χ3v) is 9.83. The summed E-state index contributed by atoms with van der Waals surface area (Å²) in [4.78, 5) is 37.8. The summed E-state index contributed by atoms with van der Waals surface area (Å²) < 4.78 is 16.7. The Morgan fingerprint density at radius 2 is 0.667 bits per heavy atom. The van der Waals surface area contributed by atoms with Crippen molar-refractivity contribution < 1.29 is 28.6 Å². The van der Waals surface area contributed by atoms with Gasteiger partial charge in [-0.05, 0) is 89.9 Å². The predicted octanol–water partition coefficient (Wildman–Crippen LogP) is 15.8. The van der Waals surface area contributed by atoms with E-state index in [0.717, 1.165) is 109 Å². The van der Waals surface area contributed by atoms with Crippen LogP contribution in [-0.2, 0) is 28.6 Å². The van der Waals surface area contributed by atoms with E-state index in [4.69, 9.17) is 14.2 Å². The quantitative estimate of drug-likeness (QED) is 0.0264. The third-order valence-electron chi connectivity index (χ3n) is 9.83. The van der Waals surface area contributed by atoms with Gasteiger partial charge in [0.05, 0.1) is 0 Å². The van der Waals surface area contributed by atoms with Crippen molar-refractivity contribution in [3.63, 3.8) is 0 Å². The molecule has 6 heteroatoms. The van der Waals surface area contributed by atoms with Crippen LogP contribution in [-0.4, -0.2) is 37.2 Å². The number of allylic oxidation sites excluding steroid dienone is 16. The fourth-order valence-corrected chi connectivity index (χ4v) is 6.26. The van der Waals surface area contributed by atoms with Gasteiger partial charge in [0.15, 0.2) is 6.10 Å². The second-order valence-corrected chi connectivity index (χ2v) is 15.6. The minimum atomic E-state index is -0.805. The van der Waals surface area contributed by atoms with Gasteiger partial charge in [-0.25, -0.2) is 0 Å². The lowest BCUT2D eigenvalue weighted by Gasteiger charge is -2.18. The number of rotatable bonds is 42. The predicted molar refractivity (Wildman–Crippen MR) is 256 cm³/mol. The minimum absolute atomic E-state index is 0.101. The van der Waals surface area contributed by atoms with Crippen molar-refractivity contribution in [3.8, 4) is 0 Å². The molecule has 1 atom stereocenters. The molecule has 0 saturated carbocycles. The lowest BCUT2D eigenvalue weighted by Crippen LogP contribution is -2.30. The molecule has 0 aromatic heterocycles. The number of esters is 3. The largest absolute Gasteiger partial charge is 0.462 e. The first-order valence-corrected chi connectivity index (χ1v) is 24.2. The van der Waals surface area contributed by atoms with Crippen LogP contribution >= 0.6 is 0 Å². The Morgan fingerprint density at radius 3 is 1.08 bits per heavy atom. The van der Waals surface area contributed by atoms with Gasteiger partial charge >= 0.3 is 17.9 Å². The highest BCUT2D eigenvalue weighted by molar-refractivity contribution is 5.71. The molecule has 60 heavy (non-hydrogen) atoms. The Bertz CT molecular complexity index is 1230. The maximum absolute atomic E-state index is 12.8. The molecule has 6 nitrogen and oxygen atoms in total. The highest BCUT2D eigenvalue weighted by Gasteiger charge is 2.19. The summed E-state index contributed by atoms with van der Waals surface area (Å²) in [5, 5.41) is 0. The van der Waals surface area contributed by atoms with Crippen molar-refractivity contribution >= 4 is 17.9 Å². The van der Waals surface area contributed by atoms with E-state index in [1.807, 2.05) is 0 Å². The topological polar surface area (TPSA) is 78.9 Å². The fraction of sp³-hybridized carbons (Fsp3) is 0.648. The number of ether oxygens (including phenoxy) is 3. The molecular formula is C54H88O6. The van der Waals surface area contributed by atoms with Crippen molar-refractivity contribution in [1.82, 2.24) is 0 Å². The molecular weight excluding hydrogens is 745 g/mol. The van der Waals surface area contributed by atoms with Crippen molar-refractivity contribution in [1.29, 1.82) is 0 Å². The second kappa shape index (κ2) is 48.0. The second-order valence-electron chi connectivity index (χ2n) is 15.6. The molecule has 0 N–H and O–H groups in total. The Balaban J connectivity index is 4.47. The van der Waals surface area contributed by atoms with Crippen molar-refractivity contribution in [2.45, 2.75) is 213 Å². The van der Waals surface area contributed by atoms with Gasteiger partial charge in [-0.1, -0.05) is 195 Å².